The van der Waals surface area contributed by atoms with Crippen LogP contribution in [0.1, 0.15) is 29.1 Å². The number of rotatable bonds is 2. The van der Waals surface area contributed by atoms with Crippen molar-refractivity contribution in [3.8, 4) is 6.07 Å². The molecule has 7 heteroatoms. The number of primary amides is 1. The number of carbonyl (C=O) groups is 1. The Morgan fingerprint density at radius 3 is 2.53 bits per heavy atom. The third-order valence-corrected chi connectivity index (χ3v) is 4.15. The second kappa shape index (κ2) is 5.07. The monoisotopic (exact) mass is 280 g/mol. The molecule has 2 heterocycles. The molecule has 0 aromatic carbocycles. The summed E-state index contributed by atoms with van der Waals surface area (Å²) in [6.45, 7) is 5.23. The van der Waals surface area contributed by atoms with E-state index >= 15 is 0 Å². The molecule has 0 unspecified atom stereocenters. The third kappa shape index (κ3) is 2.50. The molecule has 0 saturated carbocycles. The number of hydrogen-bond acceptors (Lipinski definition) is 6. The SMILES string of the molecule is C[C@@H]1CN(c2sc(C#N)c(N)c2C(N)=O)C[C@H](C)O1. The fourth-order valence-electron chi connectivity index (χ4n) is 2.32. The maximum atomic E-state index is 11.6. The van der Waals surface area contributed by atoms with Crippen LogP contribution in [0, 0.1) is 11.3 Å². The smallest absolute Gasteiger partial charge is 0.253 e. The Hall–Kier alpha value is -1.78. The number of hydrogen-bond donors (Lipinski definition) is 2. The zero-order chi connectivity index (χ0) is 14.2. The van der Waals surface area contributed by atoms with E-state index in [1.807, 2.05) is 24.8 Å². The van der Waals surface area contributed by atoms with Crippen LogP contribution in [0.15, 0.2) is 0 Å². The summed E-state index contributed by atoms with van der Waals surface area (Å²) >= 11 is 1.21. The molecule has 4 N–H and O–H groups in total. The highest BCUT2D eigenvalue weighted by Gasteiger charge is 2.29. The average molecular weight is 280 g/mol. The van der Waals surface area contributed by atoms with Crippen LogP contribution in [-0.2, 0) is 4.74 Å². The van der Waals surface area contributed by atoms with E-state index < -0.39 is 5.91 Å². The first kappa shape index (κ1) is 13.6. The van der Waals surface area contributed by atoms with Crippen LogP contribution in [0.2, 0.25) is 0 Å². The number of morpholine rings is 1. The lowest BCUT2D eigenvalue weighted by Gasteiger charge is -2.36. The van der Waals surface area contributed by atoms with E-state index in [0.717, 1.165) is 0 Å². The van der Waals surface area contributed by atoms with Gasteiger partial charge in [-0.05, 0) is 13.8 Å². The van der Waals surface area contributed by atoms with Crippen molar-refractivity contribution < 1.29 is 9.53 Å². The highest BCUT2D eigenvalue weighted by molar-refractivity contribution is 7.17. The molecule has 102 valence electrons. The van der Waals surface area contributed by atoms with Crippen molar-refractivity contribution in [2.45, 2.75) is 26.1 Å². The van der Waals surface area contributed by atoms with E-state index in [1.165, 1.54) is 11.3 Å². The van der Waals surface area contributed by atoms with Crippen LogP contribution >= 0.6 is 11.3 Å². The molecule has 0 bridgehead atoms. The molecule has 2 rings (SSSR count). The fourth-order valence-corrected chi connectivity index (χ4v) is 3.36. The van der Waals surface area contributed by atoms with E-state index in [0.29, 0.717) is 23.0 Å². The molecule has 1 aliphatic rings. The van der Waals surface area contributed by atoms with Crippen molar-refractivity contribution >= 4 is 27.9 Å². The van der Waals surface area contributed by atoms with Crippen molar-refractivity contribution in [2.24, 2.45) is 5.73 Å². The van der Waals surface area contributed by atoms with Crippen LogP contribution in [0.25, 0.3) is 0 Å². The highest BCUT2D eigenvalue weighted by atomic mass is 32.1. The summed E-state index contributed by atoms with van der Waals surface area (Å²) in [5.74, 6) is -0.600. The largest absolute Gasteiger partial charge is 0.396 e. The van der Waals surface area contributed by atoms with E-state index in [2.05, 4.69) is 0 Å². The van der Waals surface area contributed by atoms with Gasteiger partial charge in [-0.15, -0.1) is 11.3 Å². The fraction of sp³-hybridized carbons (Fsp3) is 0.500. The summed E-state index contributed by atoms with van der Waals surface area (Å²) < 4.78 is 5.65. The second-order valence-corrected chi connectivity index (χ2v) is 5.66. The minimum atomic E-state index is -0.600. The minimum absolute atomic E-state index is 0.0540. The zero-order valence-corrected chi connectivity index (χ0v) is 11.7. The molecule has 6 nitrogen and oxygen atoms in total. The van der Waals surface area contributed by atoms with Gasteiger partial charge in [0.2, 0.25) is 0 Å². The van der Waals surface area contributed by atoms with Gasteiger partial charge in [0.15, 0.2) is 0 Å². The lowest BCUT2D eigenvalue weighted by atomic mass is 10.2. The van der Waals surface area contributed by atoms with E-state index in [-0.39, 0.29) is 23.5 Å². The molecule has 1 saturated heterocycles. The van der Waals surface area contributed by atoms with Gasteiger partial charge < -0.3 is 21.1 Å². The highest BCUT2D eigenvalue weighted by Crippen LogP contribution is 2.38. The van der Waals surface area contributed by atoms with Gasteiger partial charge >= 0.3 is 0 Å². The van der Waals surface area contributed by atoms with Crippen molar-refractivity contribution in [1.82, 2.24) is 0 Å². The Kier molecular flexibility index (Phi) is 3.64. The molecule has 0 radical (unpaired) electrons. The van der Waals surface area contributed by atoms with E-state index in [4.69, 9.17) is 21.5 Å². The van der Waals surface area contributed by atoms with Gasteiger partial charge in [0.05, 0.1) is 23.5 Å². The predicted molar refractivity (Wildman–Crippen MR) is 74.2 cm³/mol. The molecule has 1 fully saturated rings. The molecule has 1 amide bonds. The molecular weight excluding hydrogens is 264 g/mol. The second-order valence-electron chi connectivity index (χ2n) is 4.66. The van der Waals surface area contributed by atoms with Crippen LogP contribution in [-0.4, -0.2) is 31.2 Å². The molecule has 2 atom stereocenters. The lowest BCUT2D eigenvalue weighted by Crippen LogP contribution is -2.45. The Labute approximate surface area is 115 Å². The summed E-state index contributed by atoms with van der Waals surface area (Å²) in [5.41, 5.74) is 11.6. The summed E-state index contributed by atoms with van der Waals surface area (Å²) in [6, 6.07) is 2.00. The Balaban J connectivity index is 2.44. The number of thiophene rings is 1. The molecule has 0 spiro atoms. The summed E-state index contributed by atoms with van der Waals surface area (Å²) in [7, 11) is 0. The summed E-state index contributed by atoms with van der Waals surface area (Å²) in [5, 5.41) is 9.70. The van der Waals surface area contributed by atoms with Crippen molar-refractivity contribution in [3.05, 3.63) is 10.4 Å². The zero-order valence-electron chi connectivity index (χ0n) is 10.8. The van der Waals surface area contributed by atoms with Crippen molar-refractivity contribution in [2.75, 3.05) is 23.7 Å². The van der Waals surface area contributed by atoms with Gasteiger partial charge in [-0.1, -0.05) is 0 Å². The van der Waals surface area contributed by atoms with E-state index in [9.17, 15) is 4.79 Å². The van der Waals surface area contributed by atoms with Crippen LogP contribution in [0.5, 0.6) is 0 Å². The number of nitrogens with zero attached hydrogens (tertiary/aromatic N) is 2. The van der Waals surface area contributed by atoms with Gasteiger partial charge in [0.25, 0.3) is 5.91 Å². The molecule has 0 aliphatic carbocycles. The number of nitrogen functional groups attached to an aromatic ring is 1. The molecule has 1 aromatic rings. The number of amides is 1. The van der Waals surface area contributed by atoms with E-state index in [1.54, 1.807) is 0 Å². The van der Waals surface area contributed by atoms with Gasteiger partial charge in [0, 0.05) is 13.1 Å². The van der Waals surface area contributed by atoms with Gasteiger partial charge in [-0.2, -0.15) is 5.26 Å². The number of anilines is 2. The van der Waals surface area contributed by atoms with Gasteiger partial charge in [-0.3, -0.25) is 4.79 Å². The maximum absolute atomic E-state index is 11.6. The predicted octanol–water partition coefficient (Wildman–Crippen LogP) is 0.914. The summed E-state index contributed by atoms with van der Waals surface area (Å²) in [4.78, 5) is 13.9. The van der Waals surface area contributed by atoms with Crippen LogP contribution < -0.4 is 16.4 Å². The van der Waals surface area contributed by atoms with Crippen LogP contribution in [0.4, 0.5) is 10.7 Å². The number of nitrogens with two attached hydrogens (primary N) is 2. The average Bonchev–Trinajstić information content (AvgIpc) is 2.65. The van der Waals surface area contributed by atoms with Gasteiger partial charge in [-0.25, -0.2) is 0 Å². The number of nitriles is 1. The number of ether oxygens (including phenoxy) is 1. The first-order valence-corrected chi connectivity index (χ1v) is 6.78. The molecule has 19 heavy (non-hydrogen) atoms. The van der Waals surface area contributed by atoms with Crippen molar-refractivity contribution in [3.63, 3.8) is 0 Å². The Bertz CT molecular complexity index is 539. The standard InChI is InChI=1S/C12H16N4O2S/c1-6-4-16(5-7(2)18-6)12-9(11(15)17)10(14)8(3-13)19-12/h6-7H,4-5,14H2,1-2H3,(H2,15,17)/t6-,7+. The minimum Gasteiger partial charge on any atom is -0.396 e. The molecule has 1 aliphatic heterocycles. The Morgan fingerprint density at radius 2 is 2.05 bits per heavy atom. The van der Waals surface area contributed by atoms with Gasteiger partial charge in [0.1, 0.15) is 15.9 Å². The summed E-state index contributed by atoms with van der Waals surface area (Å²) in [6.07, 6.45) is 0.108. The lowest BCUT2D eigenvalue weighted by molar-refractivity contribution is -0.00505. The molecule has 1 aromatic heterocycles. The first-order chi connectivity index (χ1) is 8.93. The number of carbonyl (C=O) groups excluding carboxylic acids is 1. The topological polar surface area (TPSA) is 105 Å². The molecular formula is C12H16N4O2S. The quantitative estimate of drug-likeness (QED) is 0.837. The first-order valence-electron chi connectivity index (χ1n) is 5.96. The Morgan fingerprint density at radius 1 is 1.47 bits per heavy atom. The third-order valence-electron chi connectivity index (χ3n) is 2.98. The van der Waals surface area contributed by atoms with Crippen LogP contribution in [0.3, 0.4) is 0 Å². The normalized spacial score (nSPS) is 23.1. The maximum Gasteiger partial charge on any atom is 0.253 e. The van der Waals surface area contributed by atoms with Crippen molar-refractivity contribution in [1.29, 1.82) is 5.26 Å².